The largest absolute Gasteiger partial charge is 0.389 e. The molecule has 1 aromatic rings. The van der Waals surface area contributed by atoms with Crippen molar-refractivity contribution in [2.75, 3.05) is 26.0 Å². The molecule has 1 aromatic heterocycles. The van der Waals surface area contributed by atoms with Crippen molar-refractivity contribution in [2.24, 2.45) is 5.73 Å². The second kappa shape index (κ2) is 6.09. The van der Waals surface area contributed by atoms with Crippen LogP contribution in [0.3, 0.4) is 0 Å². The molecule has 6 nitrogen and oxygen atoms in total. The van der Waals surface area contributed by atoms with Crippen LogP contribution in [0.2, 0.25) is 0 Å². The summed E-state index contributed by atoms with van der Waals surface area (Å²) in [7, 11) is 3.43. The van der Waals surface area contributed by atoms with Crippen LogP contribution in [0.1, 0.15) is 12.0 Å². The number of hydrogen-bond donors (Lipinski definition) is 2. The van der Waals surface area contributed by atoms with Crippen molar-refractivity contribution >= 4 is 28.9 Å². The Morgan fingerprint density at radius 1 is 1.59 bits per heavy atom. The van der Waals surface area contributed by atoms with Gasteiger partial charge in [-0.15, -0.1) is 5.10 Å². The Bertz CT molecular complexity index is 421. The zero-order chi connectivity index (χ0) is 12.8. The minimum absolute atomic E-state index is 0.0401. The summed E-state index contributed by atoms with van der Waals surface area (Å²) in [5.74, 6) is 0.546. The Balaban J connectivity index is 2.58. The predicted octanol–water partition coefficient (Wildman–Crippen LogP) is 0.001000. The van der Waals surface area contributed by atoms with E-state index in [1.54, 1.807) is 20.2 Å². The molecule has 0 atom stereocenters. The van der Waals surface area contributed by atoms with E-state index < -0.39 is 0 Å². The first-order valence-electron chi connectivity index (χ1n) is 5.08. The van der Waals surface area contributed by atoms with Gasteiger partial charge in [0.2, 0.25) is 5.91 Å². The molecule has 0 aliphatic rings. The molecule has 1 rings (SSSR count). The van der Waals surface area contributed by atoms with Crippen LogP contribution in [0.25, 0.3) is 0 Å². The summed E-state index contributed by atoms with van der Waals surface area (Å²) in [4.78, 5) is 13.1. The van der Waals surface area contributed by atoms with Crippen molar-refractivity contribution in [1.29, 1.82) is 0 Å². The van der Waals surface area contributed by atoms with Crippen LogP contribution >= 0.6 is 12.2 Å². The third-order valence-corrected chi connectivity index (χ3v) is 2.34. The number of hydrogen-bond acceptors (Lipinski definition) is 5. The quantitative estimate of drug-likeness (QED) is 0.719. The van der Waals surface area contributed by atoms with Gasteiger partial charge in [-0.25, -0.2) is 0 Å². The summed E-state index contributed by atoms with van der Waals surface area (Å²) < 4.78 is 0. The zero-order valence-electron chi connectivity index (χ0n) is 9.80. The van der Waals surface area contributed by atoms with Crippen LogP contribution in [-0.4, -0.2) is 46.6 Å². The Kier molecular flexibility index (Phi) is 4.77. The van der Waals surface area contributed by atoms with Crippen LogP contribution in [0.4, 0.5) is 5.82 Å². The van der Waals surface area contributed by atoms with E-state index in [0.717, 1.165) is 0 Å². The Hall–Kier alpha value is -1.76. The molecule has 0 fully saturated rings. The summed E-state index contributed by atoms with van der Waals surface area (Å²) in [6.45, 7) is 0.464. The highest BCUT2D eigenvalue weighted by Gasteiger charge is 2.08. The molecule has 0 saturated carbocycles. The summed E-state index contributed by atoms with van der Waals surface area (Å²) >= 11 is 4.89. The number of carbonyl (C=O) groups is 1. The molecular weight excluding hydrogens is 238 g/mol. The first-order valence-corrected chi connectivity index (χ1v) is 5.48. The number of nitrogens with two attached hydrogens (primary N) is 1. The monoisotopic (exact) mass is 253 g/mol. The molecule has 0 spiro atoms. The summed E-state index contributed by atoms with van der Waals surface area (Å²) in [5.41, 5.74) is 6.17. The van der Waals surface area contributed by atoms with Crippen molar-refractivity contribution in [3.05, 3.63) is 17.8 Å². The molecule has 1 heterocycles. The van der Waals surface area contributed by atoms with Gasteiger partial charge in [0.1, 0.15) is 4.99 Å². The SMILES string of the molecule is CN(C)C(=O)CCNc1nnccc1C(N)=S. The number of thiocarbonyl (C=S) groups is 1. The lowest BCUT2D eigenvalue weighted by Gasteiger charge is -2.11. The molecule has 0 radical (unpaired) electrons. The molecule has 0 saturated heterocycles. The number of carbonyl (C=O) groups excluding carboxylic acids is 1. The van der Waals surface area contributed by atoms with Crippen molar-refractivity contribution < 1.29 is 4.79 Å². The van der Waals surface area contributed by atoms with Crippen LogP contribution in [0.15, 0.2) is 12.3 Å². The van der Waals surface area contributed by atoms with Crippen LogP contribution in [0.5, 0.6) is 0 Å². The molecule has 0 bridgehead atoms. The number of nitrogens with zero attached hydrogens (tertiary/aromatic N) is 3. The third kappa shape index (κ3) is 3.95. The minimum atomic E-state index is 0.0401. The van der Waals surface area contributed by atoms with E-state index >= 15 is 0 Å². The molecule has 3 N–H and O–H groups in total. The molecule has 7 heteroatoms. The van der Waals surface area contributed by atoms with E-state index in [0.29, 0.717) is 24.3 Å². The molecule has 0 unspecified atom stereocenters. The fourth-order valence-corrected chi connectivity index (χ4v) is 1.34. The van der Waals surface area contributed by atoms with E-state index in [-0.39, 0.29) is 10.9 Å². The molecule has 92 valence electrons. The average Bonchev–Trinajstić information content (AvgIpc) is 2.29. The first kappa shape index (κ1) is 13.3. The second-order valence-corrected chi connectivity index (χ2v) is 4.06. The fourth-order valence-electron chi connectivity index (χ4n) is 1.17. The molecule has 0 aliphatic carbocycles. The highest BCUT2D eigenvalue weighted by Crippen LogP contribution is 2.09. The summed E-state index contributed by atoms with van der Waals surface area (Å²) in [6.07, 6.45) is 1.89. The van der Waals surface area contributed by atoms with Crippen LogP contribution < -0.4 is 11.1 Å². The molecule has 1 amide bonds. The van der Waals surface area contributed by atoms with Gasteiger partial charge in [0.25, 0.3) is 0 Å². The Labute approximate surface area is 105 Å². The minimum Gasteiger partial charge on any atom is -0.389 e. The van der Waals surface area contributed by atoms with Gasteiger partial charge in [0.05, 0.1) is 11.8 Å². The van der Waals surface area contributed by atoms with Gasteiger partial charge in [-0.05, 0) is 6.07 Å². The van der Waals surface area contributed by atoms with Gasteiger partial charge in [0.15, 0.2) is 5.82 Å². The van der Waals surface area contributed by atoms with E-state index in [9.17, 15) is 4.79 Å². The summed E-state index contributed by atoms with van der Waals surface area (Å²) in [6, 6.07) is 1.69. The number of amides is 1. The second-order valence-electron chi connectivity index (χ2n) is 3.62. The van der Waals surface area contributed by atoms with Crippen molar-refractivity contribution in [3.63, 3.8) is 0 Å². The predicted molar refractivity (Wildman–Crippen MR) is 69.7 cm³/mol. The van der Waals surface area contributed by atoms with Gasteiger partial charge in [-0.1, -0.05) is 12.2 Å². The maximum absolute atomic E-state index is 11.4. The maximum Gasteiger partial charge on any atom is 0.223 e. The maximum atomic E-state index is 11.4. The number of rotatable bonds is 5. The zero-order valence-corrected chi connectivity index (χ0v) is 10.6. The van der Waals surface area contributed by atoms with Crippen molar-refractivity contribution in [2.45, 2.75) is 6.42 Å². The van der Waals surface area contributed by atoms with Crippen LogP contribution in [0, 0.1) is 0 Å². The van der Waals surface area contributed by atoms with E-state index in [1.807, 2.05) is 0 Å². The van der Waals surface area contributed by atoms with Crippen molar-refractivity contribution in [1.82, 2.24) is 15.1 Å². The smallest absolute Gasteiger partial charge is 0.223 e. The molecular formula is C10H15N5OS. The third-order valence-electron chi connectivity index (χ3n) is 2.12. The molecule has 0 aliphatic heterocycles. The van der Waals surface area contributed by atoms with E-state index in [2.05, 4.69) is 15.5 Å². The molecule has 0 aromatic carbocycles. The highest BCUT2D eigenvalue weighted by molar-refractivity contribution is 7.80. The number of aromatic nitrogens is 2. The normalized spacial score (nSPS) is 9.76. The van der Waals surface area contributed by atoms with Gasteiger partial charge < -0.3 is 16.0 Å². The Morgan fingerprint density at radius 3 is 2.88 bits per heavy atom. The number of anilines is 1. The topological polar surface area (TPSA) is 84.1 Å². The van der Waals surface area contributed by atoms with E-state index in [4.69, 9.17) is 18.0 Å². The van der Waals surface area contributed by atoms with Gasteiger partial charge in [-0.2, -0.15) is 5.10 Å². The van der Waals surface area contributed by atoms with Crippen molar-refractivity contribution in [3.8, 4) is 0 Å². The average molecular weight is 253 g/mol. The van der Waals surface area contributed by atoms with Gasteiger partial charge >= 0.3 is 0 Å². The Morgan fingerprint density at radius 2 is 2.29 bits per heavy atom. The summed E-state index contributed by atoms with van der Waals surface area (Å²) in [5, 5.41) is 10.6. The number of nitrogens with one attached hydrogen (secondary N) is 1. The van der Waals surface area contributed by atoms with E-state index in [1.165, 1.54) is 11.1 Å². The van der Waals surface area contributed by atoms with Gasteiger partial charge in [-0.3, -0.25) is 4.79 Å². The first-order chi connectivity index (χ1) is 8.02. The highest BCUT2D eigenvalue weighted by atomic mass is 32.1. The fraction of sp³-hybridized carbons (Fsp3) is 0.400. The lowest BCUT2D eigenvalue weighted by Crippen LogP contribution is -2.24. The van der Waals surface area contributed by atoms with Crippen LogP contribution in [-0.2, 0) is 4.79 Å². The lowest BCUT2D eigenvalue weighted by molar-refractivity contribution is -0.128. The van der Waals surface area contributed by atoms with Gasteiger partial charge in [0, 0.05) is 27.1 Å². The standard InChI is InChI=1S/C10H15N5OS/c1-15(2)8(16)4-5-12-10-7(9(11)17)3-6-13-14-10/h3,6H,4-5H2,1-2H3,(H2,11,17)(H,12,14). The lowest BCUT2D eigenvalue weighted by atomic mass is 10.2. The molecule has 17 heavy (non-hydrogen) atoms.